The van der Waals surface area contributed by atoms with Crippen molar-refractivity contribution in [2.45, 2.75) is 19.4 Å². The molecule has 0 spiro atoms. The monoisotopic (exact) mass is 244 g/mol. The Morgan fingerprint density at radius 1 is 1.33 bits per heavy atom. The quantitative estimate of drug-likeness (QED) is 0.713. The highest BCUT2D eigenvalue weighted by atomic mass is 16.1. The van der Waals surface area contributed by atoms with Gasteiger partial charge in [0.05, 0.1) is 16.9 Å². The van der Waals surface area contributed by atoms with Crippen LogP contribution in [0.15, 0.2) is 30.5 Å². The van der Waals surface area contributed by atoms with Gasteiger partial charge in [-0.05, 0) is 38.1 Å². The summed E-state index contributed by atoms with van der Waals surface area (Å²) in [5.74, 6) is -0.437. The average molecular weight is 244 g/mol. The fourth-order valence-corrected chi connectivity index (χ4v) is 1.68. The number of carbonyl (C=O) groups is 1. The first-order valence-corrected chi connectivity index (χ1v) is 5.63. The van der Waals surface area contributed by atoms with Crippen molar-refractivity contribution in [2.75, 3.05) is 11.1 Å². The van der Waals surface area contributed by atoms with Crippen molar-refractivity contribution < 1.29 is 4.79 Å². The third-order valence-corrected chi connectivity index (χ3v) is 2.89. The number of nitrogens with two attached hydrogens (primary N) is 2. The first-order chi connectivity index (χ1) is 8.42. The van der Waals surface area contributed by atoms with E-state index in [4.69, 9.17) is 11.5 Å². The fourth-order valence-electron chi connectivity index (χ4n) is 1.68. The number of nitrogens with one attached hydrogen (secondary N) is 1. The van der Waals surface area contributed by atoms with E-state index in [0.29, 0.717) is 11.4 Å². The summed E-state index contributed by atoms with van der Waals surface area (Å²) in [7, 11) is 0. The molecule has 0 aliphatic rings. The minimum atomic E-state index is -0.857. The van der Waals surface area contributed by atoms with Gasteiger partial charge in [0.15, 0.2) is 0 Å². The predicted molar refractivity (Wildman–Crippen MR) is 73.1 cm³/mol. The van der Waals surface area contributed by atoms with Crippen LogP contribution in [0.5, 0.6) is 0 Å². The van der Waals surface area contributed by atoms with Crippen LogP contribution in [0.3, 0.4) is 0 Å². The van der Waals surface area contributed by atoms with E-state index in [1.165, 1.54) is 0 Å². The summed E-state index contributed by atoms with van der Waals surface area (Å²) < 4.78 is 0. The summed E-state index contributed by atoms with van der Waals surface area (Å²) in [5, 5.41) is 3.90. The standard InChI is InChI=1S/C13H16N4O/c1-13(2,12(15)18)17-10-6-5-9-8(11(10)14)4-3-7-16-9/h3-7,17H,14H2,1-2H3,(H2,15,18). The van der Waals surface area contributed by atoms with Gasteiger partial charge in [-0.25, -0.2) is 0 Å². The van der Waals surface area contributed by atoms with Crippen LogP contribution >= 0.6 is 0 Å². The van der Waals surface area contributed by atoms with Crippen LogP contribution in [0.25, 0.3) is 10.9 Å². The molecular weight excluding hydrogens is 228 g/mol. The summed E-state index contributed by atoms with van der Waals surface area (Å²) in [6.45, 7) is 3.42. The number of fused-ring (bicyclic) bond motifs is 1. The van der Waals surface area contributed by atoms with Gasteiger partial charge in [0.1, 0.15) is 5.54 Å². The topological polar surface area (TPSA) is 94.0 Å². The highest BCUT2D eigenvalue weighted by molar-refractivity contribution is 5.98. The molecule has 5 heteroatoms. The minimum absolute atomic E-state index is 0.437. The zero-order valence-corrected chi connectivity index (χ0v) is 10.4. The van der Waals surface area contributed by atoms with Crippen LogP contribution in [0.1, 0.15) is 13.8 Å². The first-order valence-electron chi connectivity index (χ1n) is 5.63. The van der Waals surface area contributed by atoms with Gasteiger partial charge >= 0.3 is 0 Å². The molecule has 2 aromatic rings. The van der Waals surface area contributed by atoms with E-state index < -0.39 is 11.4 Å². The molecule has 0 atom stereocenters. The van der Waals surface area contributed by atoms with Gasteiger partial charge in [0.2, 0.25) is 5.91 Å². The van der Waals surface area contributed by atoms with Gasteiger partial charge < -0.3 is 16.8 Å². The van der Waals surface area contributed by atoms with Crippen LogP contribution < -0.4 is 16.8 Å². The minimum Gasteiger partial charge on any atom is -0.397 e. The Kier molecular flexibility index (Phi) is 2.82. The zero-order valence-electron chi connectivity index (χ0n) is 10.4. The Balaban J connectivity index is 2.47. The maximum absolute atomic E-state index is 11.3. The number of anilines is 2. The van der Waals surface area contributed by atoms with E-state index >= 15 is 0 Å². The molecule has 1 aromatic carbocycles. The van der Waals surface area contributed by atoms with Crippen molar-refractivity contribution in [3.8, 4) is 0 Å². The molecule has 5 nitrogen and oxygen atoms in total. The number of primary amides is 1. The maximum atomic E-state index is 11.3. The second-order valence-corrected chi connectivity index (χ2v) is 4.71. The van der Waals surface area contributed by atoms with Crippen molar-refractivity contribution in [1.82, 2.24) is 4.98 Å². The summed E-state index contributed by atoms with van der Waals surface area (Å²) in [5.41, 5.74) is 12.6. The number of amides is 1. The van der Waals surface area contributed by atoms with Crippen LogP contribution in [-0.2, 0) is 4.79 Å². The molecule has 18 heavy (non-hydrogen) atoms. The maximum Gasteiger partial charge on any atom is 0.242 e. The summed E-state index contributed by atoms with van der Waals surface area (Å²) in [4.78, 5) is 15.5. The normalized spacial score (nSPS) is 11.4. The second kappa shape index (κ2) is 4.18. The van der Waals surface area contributed by atoms with Crippen molar-refractivity contribution >= 4 is 28.2 Å². The van der Waals surface area contributed by atoms with Crippen molar-refractivity contribution in [3.63, 3.8) is 0 Å². The molecule has 0 aliphatic heterocycles. The number of benzene rings is 1. The van der Waals surface area contributed by atoms with Crippen LogP contribution in [0.2, 0.25) is 0 Å². The molecule has 0 fully saturated rings. The lowest BCUT2D eigenvalue weighted by Gasteiger charge is -2.25. The molecule has 0 saturated heterocycles. The van der Waals surface area contributed by atoms with Gasteiger partial charge in [-0.3, -0.25) is 9.78 Å². The fraction of sp³-hybridized carbons (Fsp3) is 0.231. The molecule has 0 saturated carbocycles. The van der Waals surface area contributed by atoms with E-state index in [-0.39, 0.29) is 0 Å². The van der Waals surface area contributed by atoms with Crippen LogP contribution in [-0.4, -0.2) is 16.4 Å². The lowest BCUT2D eigenvalue weighted by Crippen LogP contribution is -2.45. The third-order valence-electron chi connectivity index (χ3n) is 2.89. The molecule has 0 radical (unpaired) electrons. The van der Waals surface area contributed by atoms with E-state index in [2.05, 4.69) is 10.3 Å². The van der Waals surface area contributed by atoms with Gasteiger partial charge in [0.25, 0.3) is 0 Å². The SMILES string of the molecule is CC(C)(Nc1ccc2ncccc2c1N)C(N)=O. The molecule has 0 aliphatic carbocycles. The number of carbonyl (C=O) groups excluding carboxylic acids is 1. The van der Waals surface area contributed by atoms with E-state index in [1.54, 1.807) is 26.1 Å². The lowest BCUT2D eigenvalue weighted by atomic mass is 10.0. The highest BCUT2D eigenvalue weighted by Gasteiger charge is 2.25. The Labute approximate surface area is 105 Å². The van der Waals surface area contributed by atoms with Crippen LogP contribution in [0, 0.1) is 0 Å². The van der Waals surface area contributed by atoms with Gasteiger partial charge in [-0.15, -0.1) is 0 Å². The Morgan fingerprint density at radius 3 is 2.72 bits per heavy atom. The molecule has 0 bridgehead atoms. The van der Waals surface area contributed by atoms with Gasteiger partial charge in [0, 0.05) is 11.6 Å². The summed E-state index contributed by atoms with van der Waals surface area (Å²) >= 11 is 0. The molecular formula is C13H16N4O. The summed E-state index contributed by atoms with van der Waals surface area (Å²) in [6.07, 6.45) is 1.71. The molecule has 1 aromatic heterocycles. The zero-order chi connectivity index (χ0) is 13.3. The van der Waals surface area contributed by atoms with Crippen molar-refractivity contribution in [3.05, 3.63) is 30.5 Å². The Hall–Kier alpha value is -2.30. The van der Waals surface area contributed by atoms with Gasteiger partial charge in [-0.2, -0.15) is 0 Å². The molecule has 94 valence electrons. The highest BCUT2D eigenvalue weighted by Crippen LogP contribution is 2.29. The number of hydrogen-bond acceptors (Lipinski definition) is 4. The van der Waals surface area contributed by atoms with Gasteiger partial charge in [-0.1, -0.05) is 0 Å². The molecule has 5 N–H and O–H groups in total. The number of rotatable bonds is 3. The molecule has 2 rings (SSSR count). The lowest BCUT2D eigenvalue weighted by molar-refractivity contribution is -0.121. The Bertz CT molecular complexity index is 607. The van der Waals surface area contributed by atoms with E-state index in [9.17, 15) is 4.79 Å². The second-order valence-electron chi connectivity index (χ2n) is 4.71. The Morgan fingerprint density at radius 2 is 2.06 bits per heavy atom. The van der Waals surface area contributed by atoms with Crippen molar-refractivity contribution in [1.29, 1.82) is 0 Å². The number of nitrogens with zero attached hydrogens (tertiary/aromatic N) is 1. The number of nitrogen functional groups attached to an aromatic ring is 1. The third kappa shape index (κ3) is 2.07. The van der Waals surface area contributed by atoms with E-state index in [1.807, 2.05) is 18.2 Å². The largest absolute Gasteiger partial charge is 0.397 e. The van der Waals surface area contributed by atoms with E-state index in [0.717, 1.165) is 10.9 Å². The molecule has 1 amide bonds. The van der Waals surface area contributed by atoms with Crippen LogP contribution in [0.4, 0.5) is 11.4 Å². The predicted octanol–water partition coefficient (Wildman–Crippen LogP) is 1.49. The number of pyridine rings is 1. The molecule has 0 unspecified atom stereocenters. The summed E-state index contributed by atoms with van der Waals surface area (Å²) in [6, 6.07) is 7.36. The number of aromatic nitrogens is 1. The number of hydrogen-bond donors (Lipinski definition) is 3. The first kappa shape index (κ1) is 12.2. The average Bonchev–Trinajstić information content (AvgIpc) is 2.33. The smallest absolute Gasteiger partial charge is 0.242 e. The van der Waals surface area contributed by atoms with Crippen molar-refractivity contribution in [2.24, 2.45) is 5.73 Å². The molecule has 1 heterocycles.